The van der Waals surface area contributed by atoms with Crippen LogP contribution in [-0.2, 0) is 19.1 Å². The number of hydrogen-bond acceptors (Lipinski definition) is 4. The molecular formula is C16H27NO4. The molecule has 120 valence electrons. The average molecular weight is 297 g/mol. The maximum Gasteiger partial charge on any atom is 0.397 e. The van der Waals surface area contributed by atoms with Crippen molar-refractivity contribution < 1.29 is 19.1 Å². The van der Waals surface area contributed by atoms with Gasteiger partial charge in [0.25, 0.3) is 0 Å². The van der Waals surface area contributed by atoms with Crippen LogP contribution in [0.3, 0.4) is 0 Å². The van der Waals surface area contributed by atoms with E-state index in [1.807, 2.05) is 0 Å². The lowest BCUT2D eigenvalue weighted by Gasteiger charge is -2.37. The molecule has 0 bridgehead atoms. The average Bonchev–Trinajstić information content (AvgIpc) is 2.47. The summed E-state index contributed by atoms with van der Waals surface area (Å²) in [5, 5.41) is 0. The van der Waals surface area contributed by atoms with Crippen LogP contribution in [0, 0.1) is 17.8 Å². The quantitative estimate of drug-likeness (QED) is 0.576. The van der Waals surface area contributed by atoms with Crippen LogP contribution in [0.1, 0.15) is 40.0 Å². The normalized spacial score (nSPS) is 30.3. The summed E-state index contributed by atoms with van der Waals surface area (Å²) in [5.74, 6) is 0.174. The van der Waals surface area contributed by atoms with E-state index in [-0.39, 0.29) is 6.10 Å². The first-order valence-corrected chi connectivity index (χ1v) is 8.06. The van der Waals surface area contributed by atoms with Crippen molar-refractivity contribution in [2.75, 3.05) is 26.3 Å². The van der Waals surface area contributed by atoms with Gasteiger partial charge in [-0.25, -0.2) is 4.79 Å². The van der Waals surface area contributed by atoms with E-state index in [0.29, 0.717) is 44.1 Å². The minimum Gasteiger partial charge on any atom is -0.455 e. The molecule has 1 saturated carbocycles. The van der Waals surface area contributed by atoms with E-state index in [2.05, 4.69) is 20.8 Å². The van der Waals surface area contributed by atoms with Crippen LogP contribution >= 0.6 is 0 Å². The van der Waals surface area contributed by atoms with Gasteiger partial charge in [0.2, 0.25) is 0 Å². The lowest BCUT2D eigenvalue weighted by atomic mass is 9.75. The van der Waals surface area contributed by atoms with Gasteiger partial charge in [0, 0.05) is 13.1 Å². The molecule has 0 spiro atoms. The molecule has 0 aromatic carbocycles. The molecule has 5 heteroatoms. The summed E-state index contributed by atoms with van der Waals surface area (Å²) in [5.41, 5.74) is 0. The van der Waals surface area contributed by atoms with Crippen LogP contribution in [0.25, 0.3) is 0 Å². The van der Waals surface area contributed by atoms with Gasteiger partial charge in [0.15, 0.2) is 0 Å². The van der Waals surface area contributed by atoms with E-state index in [4.69, 9.17) is 9.47 Å². The van der Waals surface area contributed by atoms with Crippen molar-refractivity contribution >= 4 is 11.9 Å². The number of esters is 1. The number of carbonyl (C=O) groups is 2. The second-order valence-corrected chi connectivity index (χ2v) is 6.67. The molecule has 2 rings (SSSR count). The SMILES string of the molecule is CC1CCC(C(C)C)C(OC(=O)C(=O)N2CCOCC2)C1. The van der Waals surface area contributed by atoms with E-state index in [1.165, 1.54) is 11.3 Å². The van der Waals surface area contributed by atoms with Crippen molar-refractivity contribution in [3.05, 3.63) is 0 Å². The standard InChI is InChI=1S/C16H27NO4/c1-11(2)13-5-4-12(3)10-14(13)21-16(19)15(18)17-6-8-20-9-7-17/h11-14H,4-10H2,1-3H3. The Hall–Kier alpha value is -1.10. The van der Waals surface area contributed by atoms with Crippen molar-refractivity contribution in [3.8, 4) is 0 Å². The zero-order chi connectivity index (χ0) is 15.4. The number of ether oxygens (including phenoxy) is 2. The van der Waals surface area contributed by atoms with Crippen molar-refractivity contribution in [1.82, 2.24) is 4.90 Å². The lowest BCUT2D eigenvalue weighted by molar-refractivity contribution is -0.170. The van der Waals surface area contributed by atoms with Gasteiger partial charge in [0.1, 0.15) is 6.10 Å². The van der Waals surface area contributed by atoms with Crippen molar-refractivity contribution in [1.29, 1.82) is 0 Å². The maximum atomic E-state index is 12.1. The molecule has 0 aromatic rings. The fraction of sp³-hybridized carbons (Fsp3) is 0.875. The van der Waals surface area contributed by atoms with Gasteiger partial charge in [0.05, 0.1) is 13.2 Å². The highest BCUT2D eigenvalue weighted by Crippen LogP contribution is 2.35. The second kappa shape index (κ2) is 7.25. The molecule has 2 fully saturated rings. The van der Waals surface area contributed by atoms with Gasteiger partial charge in [-0.1, -0.05) is 27.2 Å². The Morgan fingerprint density at radius 1 is 1.19 bits per heavy atom. The summed E-state index contributed by atoms with van der Waals surface area (Å²) in [6.07, 6.45) is 2.99. The second-order valence-electron chi connectivity index (χ2n) is 6.67. The summed E-state index contributed by atoms with van der Waals surface area (Å²) >= 11 is 0. The Morgan fingerprint density at radius 2 is 1.86 bits per heavy atom. The zero-order valence-corrected chi connectivity index (χ0v) is 13.3. The number of carbonyl (C=O) groups excluding carboxylic acids is 2. The van der Waals surface area contributed by atoms with Gasteiger partial charge >= 0.3 is 11.9 Å². The van der Waals surface area contributed by atoms with Crippen LogP contribution in [0.5, 0.6) is 0 Å². The third-order valence-electron chi connectivity index (χ3n) is 4.69. The fourth-order valence-corrected chi connectivity index (χ4v) is 3.33. The fourth-order valence-electron chi connectivity index (χ4n) is 3.33. The summed E-state index contributed by atoms with van der Waals surface area (Å²) in [6, 6.07) is 0. The predicted octanol–water partition coefficient (Wildman–Crippen LogP) is 1.85. The van der Waals surface area contributed by atoms with E-state index >= 15 is 0 Å². The van der Waals surface area contributed by atoms with Gasteiger partial charge in [-0.2, -0.15) is 0 Å². The lowest BCUT2D eigenvalue weighted by Crippen LogP contribution is -2.46. The molecular weight excluding hydrogens is 270 g/mol. The minimum atomic E-state index is -0.693. The summed E-state index contributed by atoms with van der Waals surface area (Å²) in [7, 11) is 0. The number of rotatable bonds is 2. The molecule has 5 nitrogen and oxygen atoms in total. The molecule has 3 unspecified atom stereocenters. The molecule has 1 heterocycles. The number of hydrogen-bond donors (Lipinski definition) is 0. The van der Waals surface area contributed by atoms with Crippen molar-refractivity contribution in [3.63, 3.8) is 0 Å². The molecule has 21 heavy (non-hydrogen) atoms. The number of morpholine rings is 1. The predicted molar refractivity (Wildman–Crippen MR) is 78.6 cm³/mol. The Bertz CT molecular complexity index is 376. The van der Waals surface area contributed by atoms with E-state index in [1.54, 1.807) is 0 Å². The summed E-state index contributed by atoms with van der Waals surface area (Å²) < 4.78 is 10.8. The van der Waals surface area contributed by atoms with Crippen LogP contribution in [0.2, 0.25) is 0 Å². The van der Waals surface area contributed by atoms with Gasteiger partial charge in [-0.05, 0) is 30.6 Å². The first-order valence-electron chi connectivity index (χ1n) is 8.06. The van der Waals surface area contributed by atoms with Gasteiger partial charge in [-0.3, -0.25) is 4.79 Å². The topological polar surface area (TPSA) is 55.8 Å². The molecule has 0 radical (unpaired) electrons. The van der Waals surface area contributed by atoms with E-state index in [0.717, 1.165) is 12.8 Å². The van der Waals surface area contributed by atoms with Crippen LogP contribution in [0.4, 0.5) is 0 Å². The number of amides is 1. The van der Waals surface area contributed by atoms with E-state index < -0.39 is 11.9 Å². The smallest absolute Gasteiger partial charge is 0.397 e. The first-order chi connectivity index (χ1) is 9.99. The minimum absolute atomic E-state index is 0.119. The first kappa shape index (κ1) is 16.3. The molecule has 0 aromatic heterocycles. The molecule has 0 N–H and O–H groups in total. The molecule has 1 saturated heterocycles. The Morgan fingerprint density at radius 3 is 2.48 bits per heavy atom. The molecule has 1 aliphatic heterocycles. The van der Waals surface area contributed by atoms with Crippen LogP contribution in [-0.4, -0.2) is 49.2 Å². The monoisotopic (exact) mass is 297 g/mol. The van der Waals surface area contributed by atoms with Gasteiger partial charge in [-0.15, -0.1) is 0 Å². The Labute approximate surface area is 127 Å². The third kappa shape index (κ3) is 4.19. The maximum absolute atomic E-state index is 12.1. The van der Waals surface area contributed by atoms with Gasteiger partial charge < -0.3 is 14.4 Å². The molecule has 1 aliphatic carbocycles. The highest BCUT2D eigenvalue weighted by atomic mass is 16.6. The molecule has 2 aliphatic rings. The third-order valence-corrected chi connectivity index (χ3v) is 4.69. The molecule has 3 atom stereocenters. The molecule has 1 amide bonds. The van der Waals surface area contributed by atoms with Crippen molar-refractivity contribution in [2.24, 2.45) is 17.8 Å². The van der Waals surface area contributed by atoms with E-state index in [9.17, 15) is 9.59 Å². The van der Waals surface area contributed by atoms with Crippen LogP contribution in [0.15, 0.2) is 0 Å². The highest BCUT2D eigenvalue weighted by Gasteiger charge is 2.35. The highest BCUT2D eigenvalue weighted by molar-refractivity contribution is 6.32. The Balaban J connectivity index is 1.94. The largest absolute Gasteiger partial charge is 0.455 e. The summed E-state index contributed by atoms with van der Waals surface area (Å²) in [6.45, 7) is 8.44. The number of nitrogens with zero attached hydrogens (tertiary/aromatic N) is 1. The van der Waals surface area contributed by atoms with Crippen LogP contribution < -0.4 is 0 Å². The zero-order valence-electron chi connectivity index (χ0n) is 13.3. The summed E-state index contributed by atoms with van der Waals surface area (Å²) in [4.78, 5) is 25.8. The Kier molecular flexibility index (Phi) is 5.62. The van der Waals surface area contributed by atoms with Crippen molar-refractivity contribution in [2.45, 2.75) is 46.1 Å².